The van der Waals surface area contributed by atoms with Crippen molar-refractivity contribution < 1.29 is 4.74 Å². The predicted octanol–water partition coefficient (Wildman–Crippen LogP) is 1.71. The van der Waals surface area contributed by atoms with Gasteiger partial charge in [0.1, 0.15) is 12.7 Å². The van der Waals surface area contributed by atoms with Gasteiger partial charge in [0.05, 0.1) is 31.0 Å². The van der Waals surface area contributed by atoms with Gasteiger partial charge >= 0.3 is 0 Å². The fourth-order valence-corrected chi connectivity index (χ4v) is 5.12. The Kier molecular flexibility index (Phi) is 5.90. The smallest absolute Gasteiger partial charge is 0.170 e. The maximum absolute atomic E-state index is 5.84. The van der Waals surface area contributed by atoms with Crippen LogP contribution in [0.1, 0.15) is 34.7 Å². The van der Waals surface area contributed by atoms with E-state index in [1.54, 1.807) is 12.7 Å². The first-order chi connectivity index (χ1) is 15.6. The van der Waals surface area contributed by atoms with E-state index in [9.17, 15) is 0 Å². The standard InChI is InChI=1S/C22H28N8OS/c1-16-13-18(17(2)30(16)28-14-24-25-15-28)21-20(19-5-3-4-6-23-19)26-22(32)29(21)8-7-27-9-11-31-12-10-27/h3-6,13-15,20-21H,7-12H2,1-2H3,(H,26,32)/t20-,21+/m0/s1. The highest BCUT2D eigenvalue weighted by Gasteiger charge is 2.41. The summed E-state index contributed by atoms with van der Waals surface area (Å²) in [6.45, 7) is 9.54. The number of morpholine rings is 1. The first-order valence-corrected chi connectivity index (χ1v) is 11.4. The topological polar surface area (TPSA) is 76.3 Å². The van der Waals surface area contributed by atoms with E-state index in [0.717, 1.165) is 61.6 Å². The van der Waals surface area contributed by atoms with Crippen LogP contribution in [0.5, 0.6) is 0 Å². The minimum atomic E-state index is -0.0248. The van der Waals surface area contributed by atoms with E-state index in [-0.39, 0.29) is 12.1 Å². The molecule has 0 saturated carbocycles. The van der Waals surface area contributed by atoms with Gasteiger partial charge in [0.25, 0.3) is 0 Å². The molecule has 1 N–H and O–H groups in total. The number of aryl methyl sites for hydroxylation is 1. The number of thiocarbonyl (C=S) groups is 1. The molecule has 3 aromatic heterocycles. The second-order valence-electron chi connectivity index (χ2n) is 8.25. The zero-order chi connectivity index (χ0) is 22.1. The Labute approximate surface area is 193 Å². The molecule has 5 heterocycles. The minimum Gasteiger partial charge on any atom is -0.379 e. The van der Waals surface area contributed by atoms with Crippen molar-refractivity contribution in [2.75, 3.05) is 39.4 Å². The largest absolute Gasteiger partial charge is 0.379 e. The molecule has 0 unspecified atom stereocenters. The molecule has 0 spiro atoms. The van der Waals surface area contributed by atoms with Gasteiger partial charge in [-0.25, -0.2) is 4.68 Å². The van der Waals surface area contributed by atoms with Crippen LogP contribution in [0.4, 0.5) is 0 Å². The van der Waals surface area contributed by atoms with Crippen LogP contribution in [0.15, 0.2) is 43.1 Å². The van der Waals surface area contributed by atoms with Gasteiger partial charge in [-0.3, -0.25) is 14.6 Å². The Morgan fingerprint density at radius 1 is 1.12 bits per heavy atom. The number of hydrogen-bond acceptors (Lipinski definition) is 6. The molecule has 0 bridgehead atoms. The van der Waals surface area contributed by atoms with Crippen molar-refractivity contribution in [3.05, 3.63) is 65.8 Å². The fraction of sp³-hybridized carbons (Fsp3) is 0.455. The quantitative estimate of drug-likeness (QED) is 0.567. The second kappa shape index (κ2) is 8.97. The van der Waals surface area contributed by atoms with Gasteiger partial charge < -0.3 is 15.0 Å². The molecule has 2 saturated heterocycles. The van der Waals surface area contributed by atoms with E-state index in [4.69, 9.17) is 17.0 Å². The minimum absolute atomic E-state index is 0.0248. The van der Waals surface area contributed by atoms with Gasteiger partial charge in [0.15, 0.2) is 5.11 Å². The first-order valence-electron chi connectivity index (χ1n) is 11.0. The van der Waals surface area contributed by atoms with Crippen molar-refractivity contribution in [1.82, 2.24) is 39.7 Å². The average molecular weight is 453 g/mol. The Balaban J connectivity index is 1.51. The van der Waals surface area contributed by atoms with Crippen LogP contribution in [0.2, 0.25) is 0 Å². The molecule has 2 aliphatic heterocycles. The summed E-state index contributed by atoms with van der Waals surface area (Å²) < 4.78 is 9.54. The SMILES string of the molecule is Cc1cc([C@@H]2[C@H](c3ccccn3)NC(=S)N2CCN2CCOCC2)c(C)n1-n1cnnc1. The Morgan fingerprint density at radius 3 is 2.62 bits per heavy atom. The monoisotopic (exact) mass is 452 g/mol. The molecule has 0 aliphatic carbocycles. The van der Waals surface area contributed by atoms with E-state index in [1.807, 2.05) is 23.0 Å². The van der Waals surface area contributed by atoms with Crippen molar-refractivity contribution >= 4 is 17.3 Å². The second-order valence-corrected chi connectivity index (χ2v) is 8.64. The van der Waals surface area contributed by atoms with E-state index < -0.39 is 0 Å². The summed E-state index contributed by atoms with van der Waals surface area (Å²) in [5.41, 5.74) is 4.46. The van der Waals surface area contributed by atoms with Crippen LogP contribution in [-0.2, 0) is 4.74 Å². The number of hydrogen-bond donors (Lipinski definition) is 1. The van der Waals surface area contributed by atoms with Gasteiger partial charge in [0.2, 0.25) is 0 Å². The van der Waals surface area contributed by atoms with E-state index in [2.05, 4.69) is 61.0 Å². The molecule has 3 aromatic rings. The summed E-state index contributed by atoms with van der Waals surface area (Å²) in [5, 5.41) is 12.3. The van der Waals surface area contributed by atoms with Crippen molar-refractivity contribution in [2.45, 2.75) is 25.9 Å². The van der Waals surface area contributed by atoms with Gasteiger partial charge in [0, 0.05) is 49.3 Å². The van der Waals surface area contributed by atoms with Gasteiger partial charge in [-0.2, -0.15) is 0 Å². The Hall–Kier alpha value is -2.82. The molecular weight excluding hydrogens is 424 g/mol. The van der Waals surface area contributed by atoms with Crippen molar-refractivity contribution in [3.8, 4) is 0 Å². The molecule has 9 nitrogen and oxygen atoms in total. The van der Waals surface area contributed by atoms with Crippen LogP contribution in [0.25, 0.3) is 0 Å². The third-order valence-corrected chi connectivity index (χ3v) is 6.70. The number of ether oxygens (including phenoxy) is 1. The zero-order valence-electron chi connectivity index (χ0n) is 18.4. The van der Waals surface area contributed by atoms with Crippen molar-refractivity contribution in [1.29, 1.82) is 0 Å². The normalized spacial score (nSPS) is 21.8. The molecule has 0 aromatic carbocycles. The van der Waals surface area contributed by atoms with Crippen molar-refractivity contribution in [2.24, 2.45) is 0 Å². The number of nitrogens with one attached hydrogen (secondary N) is 1. The molecule has 0 amide bonds. The molecule has 168 valence electrons. The molecule has 0 radical (unpaired) electrons. The van der Waals surface area contributed by atoms with E-state index >= 15 is 0 Å². The number of nitrogens with zero attached hydrogens (tertiary/aromatic N) is 7. The summed E-state index contributed by atoms with van der Waals surface area (Å²) in [6.07, 6.45) is 5.27. The Bertz CT molecular complexity index is 1060. The maximum Gasteiger partial charge on any atom is 0.170 e. The van der Waals surface area contributed by atoms with Crippen LogP contribution in [-0.4, -0.2) is 78.8 Å². The lowest BCUT2D eigenvalue weighted by atomic mass is 9.97. The number of aromatic nitrogens is 5. The van der Waals surface area contributed by atoms with E-state index in [1.165, 1.54) is 5.56 Å². The molecule has 5 rings (SSSR count). The summed E-state index contributed by atoms with van der Waals surface area (Å²) in [7, 11) is 0. The lowest BCUT2D eigenvalue weighted by Gasteiger charge is -2.32. The molecule has 2 atom stereocenters. The fourth-order valence-electron chi connectivity index (χ4n) is 4.79. The van der Waals surface area contributed by atoms with Crippen LogP contribution < -0.4 is 5.32 Å². The van der Waals surface area contributed by atoms with E-state index in [0.29, 0.717) is 0 Å². The summed E-state index contributed by atoms with van der Waals surface area (Å²) >= 11 is 5.84. The van der Waals surface area contributed by atoms with Crippen molar-refractivity contribution in [3.63, 3.8) is 0 Å². The first kappa shape index (κ1) is 21.0. The summed E-state index contributed by atoms with van der Waals surface area (Å²) in [5.74, 6) is 0. The van der Waals surface area contributed by atoms with Crippen LogP contribution >= 0.6 is 12.2 Å². The lowest BCUT2D eigenvalue weighted by molar-refractivity contribution is 0.0350. The summed E-state index contributed by atoms with van der Waals surface area (Å²) in [6, 6.07) is 8.30. The third-order valence-electron chi connectivity index (χ3n) is 6.35. The highest BCUT2D eigenvalue weighted by Crippen LogP contribution is 2.40. The molecule has 2 fully saturated rings. The van der Waals surface area contributed by atoms with Crippen LogP contribution in [0.3, 0.4) is 0 Å². The highest BCUT2D eigenvalue weighted by molar-refractivity contribution is 7.80. The van der Waals surface area contributed by atoms with Crippen LogP contribution in [0, 0.1) is 13.8 Å². The maximum atomic E-state index is 5.84. The molecule has 2 aliphatic rings. The molecule has 32 heavy (non-hydrogen) atoms. The van der Waals surface area contributed by atoms with Gasteiger partial charge in [-0.05, 0) is 44.3 Å². The lowest BCUT2D eigenvalue weighted by Crippen LogP contribution is -2.42. The van der Waals surface area contributed by atoms with Gasteiger partial charge in [-0.1, -0.05) is 6.07 Å². The molecule has 10 heteroatoms. The Morgan fingerprint density at radius 2 is 1.91 bits per heavy atom. The van der Waals surface area contributed by atoms with Gasteiger partial charge in [-0.15, -0.1) is 10.2 Å². The third kappa shape index (κ3) is 3.89. The molecular formula is C22H28N8OS. The number of rotatable bonds is 6. The summed E-state index contributed by atoms with van der Waals surface area (Å²) in [4.78, 5) is 9.42. The number of pyridine rings is 1. The highest BCUT2D eigenvalue weighted by atomic mass is 32.1. The zero-order valence-corrected chi connectivity index (χ0v) is 19.2. The predicted molar refractivity (Wildman–Crippen MR) is 124 cm³/mol. The average Bonchev–Trinajstić information content (AvgIpc) is 3.52.